The van der Waals surface area contributed by atoms with Gasteiger partial charge < -0.3 is 18.9 Å². The van der Waals surface area contributed by atoms with Gasteiger partial charge in [0.05, 0.1) is 24.8 Å². The summed E-state index contributed by atoms with van der Waals surface area (Å²) in [7, 11) is 0. The van der Waals surface area contributed by atoms with Crippen molar-refractivity contribution in [3.63, 3.8) is 0 Å². The molecule has 0 N–H and O–H groups in total. The quantitative estimate of drug-likeness (QED) is 0.395. The fourth-order valence-corrected chi connectivity index (χ4v) is 6.24. The number of ether oxygens (including phenoxy) is 2. The number of imidazole rings is 1. The van der Waals surface area contributed by atoms with Crippen LogP contribution in [0, 0.1) is 23.2 Å². The normalized spacial score (nSPS) is 21.9. The number of benzene rings is 1. The fourth-order valence-electron chi connectivity index (χ4n) is 6.24. The molecule has 1 saturated heterocycles. The summed E-state index contributed by atoms with van der Waals surface area (Å²) in [4.78, 5) is 12.3. The molecule has 37 heavy (non-hydrogen) atoms. The van der Waals surface area contributed by atoms with E-state index in [-0.39, 0.29) is 12.1 Å². The van der Waals surface area contributed by atoms with Crippen molar-refractivity contribution in [3.8, 4) is 11.9 Å². The van der Waals surface area contributed by atoms with Crippen LogP contribution in [0.2, 0.25) is 0 Å². The van der Waals surface area contributed by atoms with Crippen molar-refractivity contribution in [3.05, 3.63) is 47.7 Å². The Balaban J connectivity index is 1.47. The second-order valence-corrected chi connectivity index (χ2v) is 11.0. The summed E-state index contributed by atoms with van der Waals surface area (Å²) in [6.07, 6.45) is 10.1. The molecule has 7 heteroatoms. The first kappa shape index (κ1) is 24.2. The average molecular weight is 500 g/mol. The van der Waals surface area contributed by atoms with Crippen molar-refractivity contribution in [1.29, 1.82) is 5.26 Å². The van der Waals surface area contributed by atoms with E-state index in [0.29, 0.717) is 36.6 Å². The zero-order chi connectivity index (χ0) is 25.2. The molecule has 6 rings (SSSR count). The second-order valence-electron chi connectivity index (χ2n) is 11.0. The minimum absolute atomic E-state index is 0.0697. The van der Waals surface area contributed by atoms with Crippen molar-refractivity contribution >= 4 is 17.0 Å². The molecule has 2 aromatic heterocycles. The standard InChI is InChI=1S/C30H37N5O2/c1-21(23-13-8-14-23)37-29-28-26(17-25(18-31)32-29)33-30(35(28)19-22-9-4-2-5-10-22)34-15-16-36-20-27(34)24-11-6-3-7-12-24/h3,6-7,11-12,17,21-23,27H,2,4-5,8-10,13-16,19-20H2,1H3. The van der Waals surface area contributed by atoms with E-state index in [2.05, 4.69) is 52.8 Å². The summed E-state index contributed by atoms with van der Waals surface area (Å²) in [5.41, 5.74) is 3.32. The van der Waals surface area contributed by atoms with Gasteiger partial charge in [0.1, 0.15) is 23.4 Å². The Kier molecular flexibility index (Phi) is 7.01. The Hall–Kier alpha value is -3.11. The fraction of sp³-hybridized carbons (Fsp3) is 0.567. The number of aromatic nitrogens is 3. The lowest BCUT2D eigenvalue weighted by Crippen LogP contribution is -2.41. The number of nitrogens with zero attached hydrogens (tertiary/aromatic N) is 5. The molecule has 0 spiro atoms. The van der Waals surface area contributed by atoms with Gasteiger partial charge in [-0.1, -0.05) is 56.0 Å². The van der Waals surface area contributed by atoms with Gasteiger partial charge in [-0.3, -0.25) is 0 Å². The first-order valence-electron chi connectivity index (χ1n) is 14.1. The molecule has 2 atom stereocenters. The third-order valence-corrected chi connectivity index (χ3v) is 8.63. The predicted molar refractivity (Wildman–Crippen MR) is 144 cm³/mol. The molecule has 194 valence electrons. The van der Waals surface area contributed by atoms with Gasteiger partial charge in [-0.25, -0.2) is 9.97 Å². The minimum atomic E-state index is 0.0697. The third-order valence-electron chi connectivity index (χ3n) is 8.63. The maximum Gasteiger partial charge on any atom is 0.241 e. The molecule has 2 saturated carbocycles. The maximum atomic E-state index is 9.77. The van der Waals surface area contributed by atoms with E-state index in [9.17, 15) is 5.26 Å². The number of rotatable bonds is 7. The van der Waals surface area contributed by atoms with Gasteiger partial charge in [0.2, 0.25) is 11.8 Å². The molecule has 3 aromatic rings. The van der Waals surface area contributed by atoms with Crippen molar-refractivity contribution in [1.82, 2.24) is 14.5 Å². The zero-order valence-corrected chi connectivity index (χ0v) is 21.8. The number of fused-ring (bicyclic) bond motifs is 1. The maximum absolute atomic E-state index is 9.77. The number of nitriles is 1. The van der Waals surface area contributed by atoms with Crippen LogP contribution in [0.1, 0.15) is 75.6 Å². The molecule has 0 bridgehead atoms. The highest BCUT2D eigenvalue weighted by Gasteiger charge is 2.32. The van der Waals surface area contributed by atoms with E-state index in [4.69, 9.17) is 19.4 Å². The van der Waals surface area contributed by atoms with Crippen LogP contribution in [0.15, 0.2) is 36.4 Å². The van der Waals surface area contributed by atoms with Gasteiger partial charge in [0.15, 0.2) is 0 Å². The molecule has 7 nitrogen and oxygen atoms in total. The molecule has 0 radical (unpaired) electrons. The van der Waals surface area contributed by atoms with Gasteiger partial charge in [0.25, 0.3) is 0 Å². The number of hydrogen-bond acceptors (Lipinski definition) is 6. The van der Waals surface area contributed by atoms with Crippen LogP contribution in [0.4, 0.5) is 5.95 Å². The van der Waals surface area contributed by atoms with Crippen LogP contribution in [-0.2, 0) is 11.3 Å². The van der Waals surface area contributed by atoms with Crippen molar-refractivity contribution < 1.29 is 9.47 Å². The molecule has 2 aliphatic carbocycles. The molecular weight excluding hydrogens is 462 g/mol. The Labute approximate surface area is 219 Å². The number of pyridine rings is 1. The molecule has 3 heterocycles. The lowest BCUT2D eigenvalue weighted by atomic mass is 9.82. The lowest BCUT2D eigenvalue weighted by Gasteiger charge is -2.37. The van der Waals surface area contributed by atoms with E-state index >= 15 is 0 Å². The Morgan fingerprint density at radius 1 is 1.08 bits per heavy atom. The monoisotopic (exact) mass is 499 g/mol. The Morgan fingerprint density at radius 3 is 2.62 bits per heavy atom. The SMILES string of the molecule is CC(Oc1nc(C#N)cc2nc(N3CCOCC3c3ccccc3)n(CC3CCCCC3)c12)C1CCC1. The smallest absolute Gasteiger partial charge is 0.241 e. The Bertz CT molecular complexity index is 1260. The summed E-state index contributed by atoms with van der Waals surface area (Å²) in [5, 5.41) is 9.77. The molecule has 3 fully saturated rings. The molecule has 1 aromatic carbocycles. The molecule has 3 aliphatic rings. The van der Waals surface area contributed by atoms with Gasteiger partial charge >= 0.3 is 0 Å². The molecule has 0 amide bonds. The average Bonchev–Trinajstić information content (AvgIpc) is 3.26. The number of anilines is 1. The first-order valence-corrected chi connectivity index (χ1v) is 14.1. The highest BCUT2D eigenvalue weighted by molar-refractivity contribution is 5.84. The van der Waals surface area contributed by atoms with Crippen molar-refractivity contribution in [2.24, 2.45) is 11.8 Å². The van der Waals surface area contributed by atoms with Crippen molar-refractivity contribution in [2.75, 3.05) is 24.7 Å². The van der Waals surface area contributed by atoms with E-state index in [0.717, 1.165) is 30.1 Å². The van der Waals surface area contributed by atoms with Gasteiger partial charge in [-0.15, -0.1) is 0 Å². The second kappa shape index (κ2) is 10.7. The van der Waals surface area contributed by atoms with Crippen LogP contribution in [0.3, 0.4) is 0 Å². The summed E-state index contributed by atoms with van der Waals surface area (Å²) >= 11 is 0. The summed E-state index contributed by atoms with van der Waals surface area (Å²) in [6.45, 7) is 5.10. The van der Waals surface area contributed by atoms with Gasteiger partial charge in [-0.2, -0.15) is 5.26 Å². The van der Waals surface area contributed by atoms with Crippen LogP contribution in [0.25, 0.3) is 11.0 Å². The summed E-state index contributed by atoms with van der Waals surface area (Å²) < 4.78 is 14.9. The van der Waals surface area contributed by atoms with Crippen LogP contribution < -0.4 is 9.64 Å². The predicted octanol–water partition coefficient (Wildman–Crippen LogP) is 6.03. The summed E-state index contributed by atoms with van der Waals surface area (Å²) in [6, 6.07) is 14.7. The zero-order valence-electron chi connectivity index (χ0n) is 21.8. The van der Waals surface area contributed by atoms with Crippen molar-refractivity contribution in [2.45, 2.75) is 77.0 Å². The highest BCUT2D eigenvalue weighted by atomic mass is 16.5. The Morgan fingerprint density at radius 2 is 1.89 bits per heavy atom. The molecule has 1 aliphatic heterocycles. The van der Waals surface area contributed by atoms with Crippen LogP contribution in [0.5, 0.6) is 5.88 Å². The van der Waals surface area contributed by atoms with Gasteiger partial charge in [0, 0.05) is 19.2 Å². The van der Waals surface area contributed by atoms with E-state index < -0.39 is 0 Å². The largest absolute Gasteiger partial charge is 0.473 e. The summed E-state index contributed by atoms with van der Waals surface area (Å²) in [5.74, 6) is 2.66. The number of hydrogen-bond donors (Lipinski definition) is 0. The van der Waals surface area contributed by atoms with Crippen LogP contribution >= 0.6 is 0 Å². The topological polar surface area (TPSA) is 76.2 Å². The van der Waals surface area contributed by atoms with E-state index in [1.807, 2.05) is 6.07 Å². The first-order chi connectivity index (χ1) is 18.2. The number of morpholine rings is 1. The molecular formula is C30H37N5O2. The van der Waals surface area contributed by atoms with E-state index in [1.54, 1.807) is 0 Å². The third kappa shape index (κ3) is 4.92. The minimum Gasteiger partial charge on any atom is -0.473 e. The van der Waals surface area contributed by atoms with E-state index in [1.165, 1.54) is 56.9 Å². The van der Waals surface area contributed by atoms with Gasteiger partial charge in [-0.05, 0) is 50.0 Å². The lowest BCUT2D eigenvalue weighted by molar-refractivity contribution is 0.0925. The van der Waals surface area contributed by atoms with Crippen LogP contribution in [-0.4, -0.2) is 40.4 Å². The highest BCUT2D eigenvalue weighted by Crippen LogP contribution is 2.39. The molecule has 2 unspecified atom stereocenters.